The van der Waals surface area contributed by atoms with Gasteiger partial charge < -0.3 is 4.74 Å². The summed E-state index contributed by atoms with van der Waals surface area (Å²) in [7, 11) is 0. The summed E-state index contributed by atoms with van der Waals surface area (Å²) in [5.74, 6) is 0.820. The van der Waals surface area contributed by atoms with Gasteiger partial charge in [0.2, 0.25) is 0 Å². The van der Waals surface area contributed by atoms with E-state index in [1.165, 1.54) is 5.56 Å². The molecule has 2 rings (SSSR count). The zero-order chi connectivity index (χ0) is 13.9. The highest BCUT2D eigenvalue weighted by Crippen LogP contribution is 2.24. The van der Waals surface area contributed by atoms with Crippen LogP contribution in [0.25, 0.3) is 0 Å². The third-order valence-electron chi connectivity index (χ3n) is 3.13. The lowest BCUT2D eigenvalue weighted by molar-refractivity contribution is 0.341. The highest BCUT2D eigenvalue weighted by atomic mass is 16.5. The van der Waals surface area contributed by atoms with Crippen LogP contribution in [0.1, 0.15) is 32.8 Å². The number of ether oxygens (including phenoxy) is 1. The molecule has 0 saturated heterocycles. The van der Waals surface area contributed by atoms with Crippen molar-refractivity contribution in [2.24, 2.45) is 15.4 Å². The molecule has 0 spiro atoms. The van der Waals surface area contributed by atoms with Gasteiger partial charge in [-0.2, -0.15) is 0 Å². The Morgan fingerprint density at radius 2 is 1.95 bits per heavy atom. The number of aliphatic imine (C=N–C) groups is 2. The predicted octanol–water partition coefficient (Wildman–Crippen LogP) is 3.93. The second kappa shape index (κ2) is 5.55. The van der Waals surface area contributed by atoms with Crippen LogP contribution in [0.5, 0.6) is 0 Å². The summed E-state index contributed by atoms with van der Waals surface area (Å²) in [6.07, 6.45) is 0.706. The van der Waals surface area contributed by atoms with Crippen LogP contribution in [-0.4, -0.2) is 24.8 Å². The molecular formula is C16H22N2O. The van der Waals surface area contributed by atoms with Crippen LogP contribution in [0.15, 0.2) is 34.3 Å². The largest absolute Gasteiger partial charge is 0.479 e. The van der Waals surface area contributed by atoms with Gasteiger partial charge in [-0.3, -0.25) is 9.98 Å². The Morgan fingerprint density at radius 1 is 1.26 bits per heavy atom. The quantitative estimate of drug-likeness (QED) is 0.756. The molecule has 19 heavy (non-hydrogen) atoms. The summed E-state index contributed by atoms with van der Waals surface area (Å²) in [5, 5.41) is 0. The van der Waals surface area contributed by atoms with Gasteiger partial charge in [-0.15, -0.1) is 0 Å². The van der Waals surface area contributed by atoms with Crippen LogP contribution >= 0.6 is 0 Å². The molecule has 102 valence electrons. The highest BCUT2D eigenvalue weighted by molar-refractivity contribution is 6.04. The molecule has 0 unspecified atom stereocenters. The molecule has 1 aromatic rings. The van der Waals surface area contributed by atoms with E-state index in [4.69, 9.17) is 9.73 Å². The molecule has 0 aliphatic carbocycles. The van der Waals surface area contributed by atoms with Crippen LogP contribution in [0.2, 0.25) is 0 Å². The first-order valence-corrected chi connectivity index (χ1v) is 6.76. The van der Waals surface area contributed by atoms with Gasteiger partial charge in [-0.1, -0.05) is 38.5 Å². The Bertz CT molecular complexity index is 492. The minimum absolute atomic E-state index is 0.0133. The van der Waals surface area contributed by atoms with Gasteiger partial charge in [0.1, 0.15) is 6.61 Å². The summed E-state index contributed by atoms with van der Waals surface area (Å²) >= 11 is 0. The van der Waals surface area contributed by atoms with Crippen molar-refractivity contribution in [2.45, 2.75) is 34.1 Å². The van der Waals surface area contributed by atoms with Crippen LogP contribution in [0.4, 0.5) is 5.69 Å². The number of hydrogen-bond acceptors (Lipinski definition) is 3. The molecule has 1 aromatic carbocycles. The average Bonchev–Trinajstić information content (AvgIpc) is 2.83. The normalized spacial score (nSPS) is 16.2. The monoisotopic (exact) mass is 258 g/mol. The molecular weight excluding hydrogens is 236 g/mol. The minimum Gasteiger partial charge on any atom is -0.479 e. The molecule has 0 aromatic heterocycles. The van der Waals surface area contributed by atoms with Crippen molar-refractivity contribution >= 4 is 17.3 Å². The Morgan fingerprint density at radius 3 is 2.47 bits per heavy atom. The third kappa shape index (κ3) is 3.91. The zero-order valence-corrected chi connectivity index (χ0v) is 12.2. The Labute approximate surface area is 115 Å². The van der Waals surface area contributed by atoms with Crippen molar-refractivity contribution in [1.29, 1.82) is 0 Å². The Balaban J connectivity index is 2.24. The van der Waals surface area contributed by atoms with Crippen molar-refractivity contribution in [1.82, 2.24) is 0 Å². The number of benzene rings is 1. The molecule has 0 N–H and O–H groups in total. The van der Waals surface area contributed by atoms with Crippen LogP contribution in [0, 0.1) is 12.3 Å². The summed E-state index contributed by atoms with van der Waals surface area (Å²) in [6, 6.07) is 8.28. The van der Waals surface area contributed by atoms with E-state index in [0.717, 1.165) is 23.8 Å². The van der Waals surface area contributed by atoms with E-state index in [9.17, 15) is 0 Å². The predicted molar refractivity (Wildman–Crippen MR) is 80.6 cm³/mol. The number of hydrogen-bond donors (Lipinski definition) is 0. The number of rotatable bonds is 3. The van der Waals surface area contributed by atoms with Crippen LogP contribution in [-0.2, 0) is 4.74 Å². The molecule has 0 atom stereocenters. The fourth-order valence-corrected chi connectivity index (χ4v) is 1.88. The lowest BCUT2D eigenvalue weighted by Gasteiger charge is -2.21. The van der Waals surface area contributed by atoms with E-state index in [0.29, 0.717) is 13.0 Å². The first-order valence-electron chi connectivity index (χ1n) is 6.76. The molecule has 1 heterocycles. The summed E-state index contributed by atoms with van der Waals surface area (Å²) in [6.45, 7) is 10.1. The van der Waals surface area contributed by atoms with E-state index in [-0.39, 0.29) is 5.41 Å². The number of aryl methyl sites for hydroxylation is 1. The molecule has 1 aliphatic heterocycles. The molecule has 0 fully saturated rings. The smallest absolute Gasteiger partial charge is 0.189 e. The molecule has 1 aliphatic rings. The van der Waals surface area contributed by atoms with E-state index in [1.54, 1.807) is 0 Å². The van der Waals surface area contributed by atoms with Gasteiger partial charge in [0.05, 0.1) is 18.7 Å². The zero-order valence-electron chi connectivity index (χ0n) is 12.2. The molecule has 3 heteroatoms. The van der Waals surface area contributed by atoms with Crippen molar-refractivity contribution in [2.75, 3.05) is 13.2 Å². The topological polar surface area (TPSA) is 34.0 Å². The van der Waals surface area contributed by atoms with Gasteiger partial charge in [0.15, 0.2) is 5.90 Å². The number of nitrogens with zero attached hydrogens (tertiary/aromatic N) is 2. The first kappa shape index (κ1) is 13.8. The van der Waals surface area contributed by atoms with Crippen molar-refractivity contribution in [3.05, 3.63) is 29.8 Å². The van der Waals surface area contributed by atoms with Gasteiger partial charge in [0, 0.05) is 11.1 Å². The molecule has 0 saturated carbocycles. The van der Waals surface area contributed by atoms with Crippen LogP contribution < -0.4 is 0 Å². The molecule has 0 radical (unpaired) electrons. The van der Waals surface area contributed by atoms with E-state index < -0.39 is 0 Å². The van der Waals surface area contributed by atoms with E-state index in [1.807, 2.05) is 0 Å². The second-order valence-electron chi connectivity index (χ2n) is 5.94. The standard InChI is InChI=1S/C16H22N2O/c1-12-5-7-13(8-6-12)18-14(16(2,3)4)11-15-17-9-10-19-15/h5-8H,9-11H2,1-4H3. The summed E-state index contributed by atoms with van der Waals surface area (Å²) in [4.78, 5) is 9.15. The third-order valence-corrected chi connectivity index (χ3v) is 3.13. The molecule has 0 amide bonds. The van der Waals surface area contributed by atoms with Gasteiger partial charge >= 0.3 is 0 Å². The lowest BCUT2D eigenvalue weighted by Crippen LogP contribution is -2.23. The van der Waals surface area contributed by atoms with Crippen LogP contribution in [0.3, 0.4) is 0 Å². The van der Waals surface area contributed by atoms with Gasteiger partial charge in [0.25, 0.3) is 0 Å². The van der Waals surface area contributed by atoms with Gasteiger partial charge in [-0.25, -0.2) is 0 Å². The Hall–Kier alpha value is -1.64. The van der Waals surface area contributed by atoms with Crippen molar-refractivity contribution in [3.63, 3.8) is 0 Å². The van der Waals surface area contributed by atoms with Crippen molar-refractivity contribution in [3.8, 4) is 0 Å². The maximum atomic E-state index is 5.50. The van der Waals surface area contributed by atoms with Crippen molar-refractivity contribution < 1.29 is 4.74 Å². The average molecular weight is 258 g/mol. The van der Waals surface area contributed by atoms with E-state index in [2.05, 4.69) is 57.0 Å². The fraction of sp³-hybridized carbons (Fsp3) is 0.500. The fourth-order valence-electron chi connectivity index (χ4n) is 1.88. The maximum absolute atomic E-state index is 5.50. The Kier molecular flexibility index (Phi) is 4.03. The maximum Gasteiger partial charge on any atom is 0.189 e. The molecule has 3 nitrogen and oxygen atoms in total. The minimum atomic E-state index is 0.0133. The van der Waals surface area contributed by atoms with E-state index >= 15 is 0 Å². The summed E-state index contributed by atoms with van der Waals surface area (Å²) in [5.41, 5.74) is 3.37. The van der Waals surface area contributed by atoms with Gasteiger partial charge in [-0.05, 0) is 19.1 Å². The summed E-state index contributed by atoms with van der Waals surface area (Å²) < 4.78 is 5.50. The SMILES string of the molecule is Cc1ccc(N=C(CC2=NCCO2)C(C)(C)C)cc1. The highest BCUT2D eigenvalue weighted by Gasteiger charge is 2.22. The first-order chi connectivity index (χ1) is 8.95. The lowest BCUT2D eigenvalue weighted by atomic mass is 9.87. The molecule has 0 bridgehead atoms. The second-order valence-corrected chi connectivity index (χ2v) is 5.94.